The predicted octanol–water partition coefficient (Wildman–Crippen LogP) is 1.32. The van der Waals surface area contributed by atoms with Gasteiger partial charge in [-0.05, 0) is 21.0 Å². The van der Waals surface area contributed by atoms with Gasteiger partial charge in [0, 0.05) is 0 Å². The van der Waals surface area contributed by atoms with Crippen molar-refractivity contribution in [2.75, 3.05) is 11.0 Å². The number of hydrogen-bond donors (Lipinski definition) is 2. The molecule has 8 heavy (non-hydrogen) atoms. The lowest BCUT2D eigenvalue weighted by Gasteiger charge is -1.82. The summed E-state index contributed by atoms with van der Waals surface area (Å²) in [5.41, 5.74) is 6.27. The van der Waals surface area contributed by atoms with Gasteiger partial charge in [0.25, 0.3) is 0 Å². The molecule has 0 atom stereocenters. The molecule has 0 saturated heterocycles. The van der Waals surface area contributed by atoms with Crippen molar-refractivity contribution in [1.82, 2.24) is 0 Å². The zero-order chi connectivity index (χ0) is 6.41. The van der Waals surface area contributed by atoms with Gasteiger partial charge in [0.05, 0.1) is 4.43 Å². The quantitative estimate of drug-likeness (QED) is 0.424. The molecule has 0 aliphatic rings. The molecule has 0 bridgehead atoms. The summed E-state index contributed by atoms with van der Waals surface area (Å²) in [4.78, 5) is 10.3. The van der Waals surface area contributed by atoms with Crippen molar-refractivity contribution < 1.29 is 4.79 Å². The van der Waals surface area contributed by atoms with Crippen LogP contribution in [0.3, 0.4) is 0 Å². The zero-order valence-electron chi connectivity index (χ0n) is 4.15. The third kappa shape index (κ3) is 3.97. The highest BCUT2D eigenvalue weighted by atomic mass is 127. The van der Waals surface area contributed by atoms with Gasteiger partial charge in [0.2, 0.25) is 0 Å². The molecular formula is C3H6IN3O. The predicted molar refractivity (Wildman–Crippen MR) is 36.6 cm³/mol. The van der Waals surface area contributed by atoms with Gasteiger partial charge >= 0.3 is 0 Å². The molecule has 0 radical (unpaired) electrons. The van der Waals surface area contributed by atoms with Gasteiger partial charge in [-0.3, -0.25) is 8.36 Å². The molecule has 0 aliphatic carbocycles. The summed E-state index contributed by atoms with van der Waals surface area (Å²) in [6.45, 7) is -0.0292. The number of carbonyl (C=O) groups excluding carboxylic acids is 1. The van der Waals surface area contributed by atoms with Crippen LogP contribution in [-0.2, 0) is 4.79 Å². The Bertz CT molecular complexity index is 101. The molecule has 0 aliphatic heterocycles. The van der Waals surface area contributed by atoms with E-state index in [0.29, 0.717) is 4.43 Å². The molecule has 4 nitrogen and oxygen atoms in total. The number of ketones is 1. The van der Waals surface area contributed by atoms with Crippen molar-refractivity contribution >= 4 is 26.8 Å². The van der Waals surface area contributed by atoms with Gasteiger partial charge < -0.3 is 0 Å². The number of carbonyl (C=O) groups is 1. The minimum absolute atomic E-state index is 0.0292. The highest BCUT2D eigenvalue weighted by Gasteiger charge is 1.94. The first-order valence-corrected chi connectivity index (χ1v) is 4.51. The first-order chi connectivity index (χ1) is 3.81. The molecular weight excluding hydrogens is 221 g/mol. The fourth-order valence-electron chi connectivity index (χ4n) is 0.205. The number of nitrogens with zero attached hydrogens (tertiary/aromatic N) is 1. The van der Waals surface area contributed by atoms with Crippen LogP contribution in [0.2, 0.25) is 0 Å². The summed E-state index contributed by atoms with van der Waals surface area (Å²) in [7, 11) is 0. The van der Waals surface area contributed by atoms with Gasteiger partial charge in [-0.1, -0.05) is 0 Å². The lowest BCUT2D eigenvalue weighted by Crippen LogP contribution is -2.01. The van der Waals surface area contributed by atoms with Crippen LogP contribution in [0.4, 0.5) is 0 Å². The molecule has 0 aromatic rings. The lowest BCUT2D eigenvalue weighted by atomic mass is 10.5. The molecule has 0 unspecified atom stereocenters. The molecule has 0 aromatic carbocycles. The van der Waals surface area contributed by atoms with E-state index in [2.05, 4.69) is 5.11 Å². The molecule has 0 rings (SSSR count). The standard InChI is InChI=1S/C3H6IN3O/c5-4-1-3(8)2-7-6/h5-6H,1-2H2. The molecule has 0 spiro atoms. The second-order valence-corrected chi connectivity index (χ2v) is 2.65. The number of hydrogen-bond acceptors (Lipinski definition) is 4. The molecule has 0 heterocycles. The van der Waals surface area contributed by atoms with Crippen LogP contribution >= 0.6 is 21.0 Å². The summed E-state index contributed by atoms with van der Waals surface area (Å²) < 4.78 is 7.03. The number of halogens is 1. The van der Waals surface area contributed by atoms with E-state index in [1.807, 2.05) is 0 Å². The summed E-state index contributed by atoms with van der Waals surface area (Å²) in [6, 6.07) is 0. The van der Waals surface area contributed by atoms with E-state index in [4.69, 9.17) is 9.09 Å². The van der Waals surface area contributed by atoms with Crippen molar-refractivity contribution in [2.24, 2.45) is 5.11 Å². The van der Waals surface area contributed by atoms with Crippen LogP contribution in [0.15, 0.2) is 5.11 Å². The topological polar surface area (TPSA) is 77.1 Å². The maximum Gasteiger partial charge on any atom is 0.166 e. The Morgan fingerprint density at radius 1 is 1.75 bits per heavy atom. The number of alkyl halides is 1. The molecule has 46 valence electrons. The Kier molecular flexibility index (Phi) is 4.82. The number of rotatable bonds is 4. The van der Waals surface area contributed by atoms with Crippen molar-refractivity contribution in [2.45, 2.75) is 0 Å². The van der Waals surface area contributed by atoms with E-state index >= 15 is 0 Å². The number of Topliss-reactive ketones (excluding diaryl/α,β-unsaturated/α-hetero) is 1. The fraction of sp³-hybridized carbons (Fsp3) is 0.667. The van der Waals surface area contributed by atoms with Gasteiger partial charge in [-0.25, -0.2) is 5.53 Å². The smallest absolute Gasteiger partial charge is 0.166 e. The summed E-state index contributed by atoms with van der Waals surface area (Å²) in [5.74, 6) is -0.0807. The highest BCUT2D eigenvalue weighted by Crippen LogP contribution is 1.92. The molecule has 0 aromatic heterocycles. The first kappa shape index (κ1) is 7.80. The minimum Gasteiger partial charge on any atom is -0.297 e. The third-order valence-electron chi connectivity index (χ3n) is 0.471. The van der Waals surface area contributed by atoms with Gasteiger partial charge in [-0.15, -0.1) is 0 Å². The van der Waals surface area contributed by atoms with Crippen LogP contribution in [0.1, 0.15) is 0 Å². The second kappa shape index (κ2) is 4.95. The highest BCUT2D eigenvalue weighted by molar-refractivity contribution is 14.1. The van der Waals surface area contributed by atoms with Crippen molar-refractivity contribution in [3.63, 3.8) is 0 Å². The Morgan fingerprint density at radius 3 is 2.75 bits per heavy atom. The van der Waals surface area contributed by atoms with E-state index in [1.54, 1.807) is 0 Å². The van der Waals surface area contributed by atoms with Gasteiger partial charge in [-0.2, -0.15) is 5.11 Å². The average molecular weight is 227 g/mol. The van der Waals surface area contributed by atoms with Gasteiger partial charge in [0.1, 0.15) is 6.54 Å². The van der Waals surface area contributed by atoms with Crippen LogP contribution in [0.5, 0.6) is 0 Å². The van der Waals surface area contributed by atoms with E-state index in [0.717, 1.165) is 0 Å². The average Bonchev–Trinajstić information content (AvgIpc) is 1.68. The minimum atomic E-state index is -0.688. The van der Waals surface area contributed by atoms with Crippen LogP contribution in [0, 0.1) is 9.09 Å². The van der Waals surface area contributed by atoms with E-state index in [9.17, 15) is 4.79 Å². The van der Waals surface area contributed by atoms with Crippen molar-refractivity contribution in [3.8, 4) is 0 Å². The molecule has 2 N–H and O–H groups in total. The fourth-order valence-corrected chi connectivity index (χ4v) is 0.872. The molecule has 0 amide bonds. The third-order valence-corrected chi connectivity index (χ3v) is 1.70. The number of nitrogens with one attached hydrogen (secondary N) is 2. The van der Waals surface area contributed by atoms with Crippen molar-refractivity contribution in [1.29, 1.82) is 9.09 Å². The summed E-state index contributed by atoms with van der Waals surface area (Å²) in [6.07, 6.45) is 0. The molecule has 0 saturated carbocycles. The first-order valence-electron chi connectivity index (χ1n) is 1.91. The normalized spacial score (nSPS) is 8.50. The van der Waals surface area contributed by atoms with Crippen molar-refractivity contribution in [3.05, 3.63) is 0 Å². The summed E-state index contributed by atoms with van der Waals surface area (Å²) >= 11 is -0.688. The Balaban J connectivity index is 3.32. The second-order valence-electron chi connectivity index (χ2n) is 1.12. The van der Waals surface area contributed by atoms with Crippen LogP contribution in [-0.4, -0.2) is 16.8 Å². The van der Waals surface area contributed by atoms with E-state index in [-0.39, 0.29) is 12.3 Å². The van der Waals surface area contributed by atoms with E-state index < -0.39 is 21.0 Å². The van der Waals surface area contributed by atoms with Crippen LogP contribution in [0.25, 0.3) is 0 Å². The maximum absolute atomic E-state index is 10.3. The Morgan fingerprint density at radius 2 is 2.38 bits per heavy atom. The SMILES string of the molecule is N=NCC(=O)CI=N. The van der Waals surface area contributed by atoms with Crippen LogP contribution < -0.4 is 0 Å². The Labute approximate surface area is 57.1 Å². The monoisotopic (exact) mass is 227 g/mol. The molecule has 5 heteroatoms. The maximum atomic E-state index is 10.3. The Hall–Kier alpha value is -0.200. The zero-order valence-corrected chi connectivity index (χ0v) is 6.31. The van der Waals surface area contributed by atoms with E-state index in [1.165, 1.54) is 0 Å². The largest absolute Gasteiger partial charge is 0.297 e. The lowest BCUT2D eigenvalue weighted by molar-refractivity contribution is -0.115. The molecule has 0 fully saturated rings. The summed E-state index contributed by atoms with van der Waals surface area (Å²) in [5, 5.41) is 2.89. The van der Waals surface area contributed by atoms with Gasteiger partial charge in [0.15, 0.2) is 5.78 Å².